The molecule has 1 fully saturated rings. The molecule has 160 valence electrons. The van der Waals surface area contributed by atoms with Crippen LogP contribution in [0.15, 0.2) is 53.5 Å². The summed E-state index contributed by atoms with van der Waals surface area (Å²) in [5, 5.41) is 9.37. The van der Waals surface area contributed by atoms with Crippen molar-refractivity contribution in [2.24, 2.45) is 4.99 Å². The van der Waals surface area contributed by atoms with Crippen LogP contribution in [0.4, 0.5) is 16.4 Å². The summed E-state index contributed by atoms with van der Waals surface area (Å²) >= 11 is 1.69. The van der Waals surface area contributed by atoms with E-state index in [1.807, 2.05) is 24.3 Å². The lowest BCUT2D eigenvalue weighted by atomic mass is 10.0. The highest BCUT2D eigenvalue weighted by Gasteiger charge is 2.28. The number of hydrogen-bond donors (Lipinski definition) is 2. The van der Waals surface area contributed by atoms with Gasteiger partial charge in [0.2, 0.25) is 0 Å². The van der Waals surface area contributed by atoms with Crippen molar-refractivity contribution in [1.82, 2.24) is 15.2 Å². The average Bonchev–Trinajstić information content (AvgIpc) is 3.09. The first-order valence-corrected chi connectivity index (χ1v) is 11.5. The Labute approximate surface area is 187 Å². The summed E-state index contributed by atoms with van der Waals surface area (Å²) in [6, 6.07) is 17.0. The molecule has 0 amide bonds. The lowest BCUT2D eigenvalue weighted by molar-refractivity contribution is 0.282. The number of aryl methyl sites for hydroxylation is 2. The zero-order chi connectivity index (χ0) is 21.2. The summed E-state index contributed by atoms with van der Waals surface area (Å²) in [5.41, 5.74) is 4.30. The van der Waals surface area contributed by atoms with E-state index in [0.717, 1.165) is 71.1 Å². The van der Waals surface area contributed by atoms with E-state index < -0.39 is 0 Å². The number of methoxy groups -OCH3 is 1. The maximum absolute atomic E-state index is 5.27. The Morgan fingerprint density at radius 1 is 1.16 bits per heavy atom. The number of benzene rings is 2. The Balaban J connectivity index is 1.35. The Bertz CT molecular complexity index is 1090. The van der Waals surface area contributed by atoms with Crippen LogP contribution in [0.1, 0.15) is 22.7 Å². The summed E-state index contributed by atoms with van der Waals surface area (Å²) < 4.78 is 5.27. The lowest BCUT2D eigenvalue weighted by Crippen LogP contribution is -2.53. The Morgan fingerprint density at radius 3 is 2.84 bits per heavy atom. The van der Waals surface area contributed by atoms with E-state index in [1.54, 1.807) is 18.4 Å². The Kier molecular flexibility index (Phi) is 5.61. The molecular weight excluding hydrogens is 406 g/mol. The molecule has 5 rings (SSSR count). The van der Waals surface area contributed by atoms with Crippen LogP contribution in [0.25, 0.3) is 0 Å². The second-order valence-electron chi connectivity index (χ2n) is 7.97. The predicted molar refractivity (Wildman–Crippen MR) is 127 cm³/mol. The molecule has 1 aromatic heterocycles. The third-order valence-corrected chi connectivity index (χ3v) is 6.71. The molecule has 2 aliphatic heterocycles. The highest BCUT2D eigenvalue weighted by molar-refractivity contribution is 7.16. The molecule has 3 aromatic rings. The normalized spacial score (nSPS) is 17.8. The monoisotopic (exact) mass is 433 g/mol. The molecule has 3 heterocycles. The van der Waals surface area contributed by atoms with Gasteiger partial charge in [-0.3, -0.25) is 0 Å². The quantitative estimate of drug-likeness (QED) is 0.634. The highest BCUT2D eigenvalue weighted by Crippen LogP contribution is 2.37. The number of amidine groups is 1. The van der Waals surface area contributed by atoms with Crippen LogP contribution in [-0.4, -0.2) is 48.5 Å². The van der Waals surface area contributed by atoms with Gasteiger partial charge in [0.15, 0.2) is 5.84 Å². The van der Waals surface area contributed by atoms with E-state index in [2.05, 4.69) is 46.7 Å². The minimum atomic E-state index is 0.410. The van der Waals surface area contributed by atoms with Gasteiger partial charge in [-0.15, -0.1) is 11.3 Å². The molecule has 0 saturated carbocycles. The van der Waals surface area contributed by atoms with Crippen molar-refractivity contribution in [1.29, 1.82) is 0 Å². The lowest BCUT2D eigenvalue weighted by Gasteiger charge is -2.35. The van der Waals surface area contributed by atoms with E-state index in [4.69, 9.17) is 14.7 Å². The van der Waals surface area contributed by atoms with Gasteiger partial charge in [-0.25, -0.2) is 9.98 Å². The maximum atomic E-state index is 5.27. The molecule has 7 heteroatoms. The number of aliphatic imine (C=N–C) groups is 1. The van der Waals surface area contributed by atoms with E-state index in [1.165, 1.54) is 5.56 Å². The average molecular weight is 434 g/mol. The molecule has 0 spiro atoms. The molecule has 2 aliphatic rings. The summed E-state index contributed by atoms with van der Waals surface area (Å²) in [4.78, 5) is 12.3. The number of nitrogens with zero attached hydrogens (tertiary/aromatic N) is 3. The van der Waals surface area contributed by atoms with Crippen molar-refractivity contribution in [3.63, 3.8) is 0 Å². The molecule has 1 atom stereocenters. The predicted octanol–water partition coefficient (Wildman–Crippen LogP) is 4.50. The van der Waals surface area contributed by atoms with Crippen molar-refractivity contribution in [3.05, 3.63) is 64.8 Å². The number of anilines is 2. The van der Waals surface area contributed by atoms with Gasteiger partial charge in [0.05, 0.1) is 23.5 Å². The largest absolute Gasteiger partial charge is 0.497 e. The number of hydrogen-bond acceptors (Lipinski definition) is 7. The summed E-state index contributed by atoms with van der Waals surface area (Å²) in [5.74, 6) is 1.88. The molecule has 2 aromatic carbocycles. The van der Waals surface area contributed by atoms with Crippen molar-refractivity contribution in [2.75, 3.05) is 32.1 Å². The molecule has 0 radical (unpaired) electrons. The van der Waals surface area contributed by atoms with Gasteiger partial charge in [-0.1, -0.05) is 24.3 Å². The number of rotatable bonds is 4. The number of thiazole rings is 1. The number of nitrogens with one attached hydrogen (secondary N) is 2. The van der Waals surface area contributed by atoms with Crippen LogP contribution >= 0.6 is 11.3 Å². The second kappa shape index (κ2) is 8.69. The van der Waals surface area contributed by atoms with Crippen LogP contribution < -0.4 is 15.4 Å². The molecule has 1 saturated heterocycles. The van der Waals surface area contributed by atoms with Crippen molar-refractivity contribution in [3.8, 4) is 5.75 Å². The van der Waals surface area contributed by atoms with Gasteiger partial charge in [0, 0.05) is 25.7 Å². The van der Waals surface area contributed by atoms with Gasteiger partial charge in [0.1, 0.15) is 16.4 Å². The van der Waals surface area contributed by atoms with Crippen molar-refractivity contribution >= 4 is 33.5 Å². The Morgan fingerprint density at radius 2 is 2.00 bits per heavy atom. The van der Waals surface area contributed by atoms with Crippen LogP contribution in [-0.2, 0) is 6.42 Å². The fourth-order valence-electron chi connectivity index (χ4n) is 4.19. The van der Waals surface area contributed by atoms with Crippen LogP contribution in [0.5, 0.6) is 5.75 Å². The summed E-state index contributed by atoms with van der Waals surface area (Å²) in [7, 11) is 1.70. The maximum Gasteiger partial charge on any atom is 0.158 e. The number of ether oxygens (including phenoxy) is 1. The third-order valence-electron chi connectivity index (χ3n) is 5.82. The first kappa shape index (κ1) is 20.0. The summed E-state index contributed by atoms with van der Waals surface area (Å²) in [6.07, 6.45) is 2.11. The van der Waals surface area contributed by atoms with Gasteiger partial charge >= 0.3 is 0 Å². The SMILES string of the molecule is COc1ccc(CC[C@H]2CN(C3=Nc4ccccc4Nc4sc(C)nc43)CCN2)cc1. The van der Waals surface area contributed by atoms with Gasteiger partial charge in [-0.2, -0.15) is 0 Å². The topological polar surface area (TPSA) is 61.8 Å². The van der Waals surface area contributed by atoms with Gasteiger partial charge in [0.25, 0.3) is 0 Å². The van der Waals surface area contributed by atoms with E-state index in [0.29, 0.717) is 6.04 Å². The van der Waals surface area contributed by atoms with Crippen molar-refractivity contribution in [2.45, 2.75) is 25.8 Å². The first-order valence-electron chi connectivity index (χ1n) is 10.7. The second-order valence-corrected chi connectivity index (χ2v) is 9.18. The minimum absolute atomic E-state index is 0.410. The van der Waals surface area contributed by atoms with Crippen LogP contribution in [0.3, 0.4) is 0 Å². The number of fused-ring (bicyclic) bond motifs is 2. The molecule has 0 aliphatic carbocycles. The zero-order valence-electron chi connectivity index (χ0n) is 17.9. The molecule has 31 heavy (non-hydrogen) atoms. The summed E-state index contributed by atoms with van der Waals surface area (Å²) in [6.45, 7) is 4.85. The highest BCUT2D eigenvalue weighted by atomic mass is 32.1. The van der Waals surface area contributed by atoms with E-state index in [-0.39, 0.29) is 0 Å². The van der Waals surface area contributed by atoms with E-state index in [9.17, 15) is 0 Å². The minimum Gasteiger partial charge on any atom is -0.497 e. The van der Waals surface area contributed by atoms with Gasteiger partial charge in [-0.05, 0) is 49.6 Å². The van der Waals surface area contributed by atoms with E-state index >= 15 is 0 Å². The zero-order valence-corrected chi connectivity index (χ0v) is 18.7. The standard InChI is InChI=1S/C24H27N5OS/c1-16-26-22-23(27-20-5-3-4-6-21(20)28-24(22)31-16)29-14-13-25-18(15-29)10-7-17-8-11-19(30-2)12-9-17/h3-6,8-9,11-12,18,25,28H,7,10,13-15H2,1-2H3/t18-/m0/s1. The number of aromatic nitrogens is 1. The van der Waals surface area contributed by atoms with Crippen LogP contribution in [0.2, 0.25) is 0 Å². The molecule has 0 unspecified atom stereocenters. The van der Waals surface area contributed by atoms with Crippen LogP contribution in [0, 0.1) is 6.92 Å². The molecule has 6 nitrogen and oxygen atoms in total. The number of para-hydroxylation sites is 2. The molecular formula is C24H27N5OS. The fraction of sp³-hybridized carbons (Fsp3) is 0.333. The Hall–Kier alpha value is -2.90. The molecule has 2 N–H and O–H groups in total. The number of piperazine rings is 1. The first-order chi connectivity index (χ1) is 15.2. The fourth-order valence-corrected chi connectivity index (χ4v) is 5.02. The third kappa shape index (κ3) is 4.29. The smallest absolute Gasteiger partial charge is 0.158 e. The van der Waals surface area contributed by atoms with Gasteiger partial charge < -0.3 is 20.3 Å². The molecule has 0 bridgehead atoms. The van der Waals surface area contributed by atoms with Crippen molar-refractivity contribution < 1.29 is 4.74 Å².